The maximum absolute atomic E-state index is 5.81. The Morgan fingerprint density at radius 1 is 1.35 bits per heavy atom. The van der Waals surface area contributed by atoms with E-state index in [1.165, 1.54) is 19.3 Å². The van der Waals surface area contributed by atoms with Crippen molar-refractivity contribution in [3.63, 3.8) is 0 Å². The van der Waals surface area contributed by atoms with Crippen LogP contribution in [0.15, 0.2) is 22.6 Å². The molecule has 1 saturated heterocycles. The highest BCUT2D eigenvalue weighted by Crippen LogP contribution is 2.37. The molecule has 20 heavy (non-hydrogen) atoms. The molecule has 0 unspecified atom stereocenters. The largest absolute Gasteiger partial charge is 0.439 e. The number of hydrogen-bond acceptors (Lipinski definition) is 4. The Hall–Kier alpha value is -1.55. The number of rotatable bonds is 4. The van der Waals surface area contributed by atoms with Crippen LogP contribution in [-0.2, 0) is 6.54 Å². The van der Waals surface area contributed by atoms with Crippen molar-refractivity contribution in [3.8, 4) is 0 Å². The highest BCUT2D eigenvalue weighted by Gasteiger charge is 2.35. The Kier molecular flexibility index (Phi) is 3.42. The Balaban J connectivity index is 1.74. The van der Waals surface area contributed by atoms with Crippen LogP contribution in [0.4, 0.5) is 5.69 Å². The van der Waals surface area contributed by atoms with Gasteiger partial charge in [-0.1, -0.05) is 13.8 Å². The number of nitrogens with two attached hydrogens (primary N) is 1. The van der Waals surface area contributed by atoms with Crippen molar-refractivity contribution in [3.05, 3.63) is 24.1 Å². The van der Waals surface area contributed by atoms with Gasteiger partial charge in [0.25, 0.3) is 0 Å². The van der Waals surface area contributed by atoms with E-state index in [1.54, 1.807) is 0 Å². The lowest BCUT2D eigenvalue weighted by atomic mass is 9.82. The number of anilines is 1. The van der Waals surface area contributed by atoms with Crippen molar-refractivity contribution < 1.29 is 4.42 Å². The van der Waals surface area contributed by atoms with Crippen molar-refractivity contribution in [1.29, 1.82) is 0 Å². The lowest BCUT2D eigenvalue weighted by Gasteiger charge is -2.26. The summed E-state index contributed by atoms with van der Waals surface area (Å²) >= 11 is 0. The van der Waals surface area contributed by atoms with E-state index in [2.05, 4.69) is 23.7 Å². The van der Waals surface area contributed by atoms with Crippen LogP contribution in [-0.4, -0.2) is 23.0 Å². The van der Waals surface area contributed by atoms with E-state index in [-0.39, 0.29) is 0 Å². The third-order valence-corrected chi connectivity index (χ3v) is 4.83. The quantitative estimate of drug-likeness (QED) is 0.867. The maximum Gasteiger partial charge on any atom is 0.209 e. The van der Waals surface area contributed by atoms with Crippen LogP contribution >= 0.6 is 0 Å². The van der Waals surface area contributed by atoms with E-state index in [4.69, 9.17) is 10.2 Å². The van der Waals surface area contributed by atoms with Gasteiger partial charge in [0.05, 0.1) is 6.54 Å². The Labute approximate surface area is 120 Å². The molecule has 1 aliphatic heterocycles. The fourth-order valence-electron chi connectivity index (χ4n) is 3.24. The zero-order valence-corrected chi connectivity index (χ0v) is 12.4. The molecule has 4 nitrogen and oxygen atoms in total. The van der Waals surface area contributed by atoms with Crippen molar-refractivity contribution in [2.24, 2.45) is 5.41 Å². The minimum absolute atomic E-state index is 0.496. The number of nitrogen functional groups attached to an aromatic ring is 1. The molecule has 2 N–H and O–H groups in total. The number of hydrogen-bond donors (Lipinski definition) is 1. The summed E-state index contributed by atoms with van der Waals surface area (Å²) in [6, 6.07) is 5.63. The summed E-state index contributed by atoms with van der Waals surface area (Å²) in [6.45, 7) is 7.70. The molecule has 2 heterocycles. The average Bonchev–Trinajstić information content (AvgIpc) is 3.03. The molecule has 2 aromatic rings. The van der Waals surface area contributed by atoms with Crippen LogP contribution in [0.2, 0.25) is 0 Å². The second-order valence-corrected chi connectivity index (χ2v) is 6.00. The van der Waals surface area contributed by atoms with Gasteiger partial charge in [-0.15, -0.1) is 0 Å². The van der Waals surface area contributed by atoms with Gasteiger partial charge in [0.15, 0.2) is 5.58 Å². The van der Waals surface area contributed by atoms with E-state index in [0.717, 1.165) is 42.3 Å². The molecule has 1 aliphatic rings. The third kappa shape index (κ3) is 2.40. The van der Waals surface area contributed by atoms with Crippen molar-refractivity contribution >= 4 is 16.8 Å². The van der Waals surface area contributed by atoms with Crippen molar-refractivity contribution in [1.82, 2.24) is 9.88 Å². The van der Waals surface area contributed by atoms with Gasteiger partial charge < -0.3 is 10.2 Å². The lowest BCUT2D eigenvalue weighted by molar-refractivity contribution is 0.224. The highest BCUT2D eigenvalue weighted by molar-refractivity contribution is 5.76. The monoisotopic (exact) mass is 273 g/mol. The second-order valence-electron chi connectivity index (χ2n) is 6.00. The van der Waals surface area contributed by atoms with E-state index >= 15 is 0 Å². The molecule has 0 saturated carbocycles. The summed E-state index contributed by atoms with van der Waals surface area (Å²) in [4.78, 5) is 7.01. The molecule has 4 heteroatoms. The molecule has 0 spiro atoms. The molecule has 1 aromatic carbocycles. The minimum atomic E-state index is 0.496. The molecular weight excluding hydrogens is 250 g/mol. The molecule has 3 rings (SSSR count). The van der Waals surface area contributed by atoms with Gasteiger partial charge in [-0.05, 0) is 43.4 Å². The Morgan fingerprint density at radius 2 is 2.15 bits per heavy atom. The van der Waals surface area contributed by atoms with E-state index in [0.29, 0.717) is 5.41 Å². The summed E-state index contributed by atoms with van der Waals surface area (Å²) < 4.78 is 5.81. The number of aromatic nitrogens is 1. The molecule has 0 aliphatic carbocycles. The average molecular weight is 273 g/mol. The molecular formula is C16H23N3O. The van der Waals surface area contributed by atoms with Gasteiger partial charge >= 0.3 is 0 Å². The predicted octanol–water partition coefficient (Wildman–Crippen LogP) is 3.42. The molecule has 108 valence electrons. The van der Waals surface area contributed by atoms with Gasteiger partial charge in [0, 0.05) is 18.3 Å². The normalized spacial score (nSPS) is 18.9. The number of benzene rings is 1. The van der Waals surface area contributed by atoms with E-state index in [1.807, 2.05) is 18.2 Å². The van der Waals surface area contributed by atoms with Crippen molar-refractivity contribution in [2.75, 3.05) is 18.8 Å². The minimum Gasteiger partial charge on any atom is -0.439 e. The van der Waals surface area contributed by atoms with Gasteiger partial charge in [0.2, 0.25) is 5.89 Å². The zero-order valence-electron chi connectivity index (χ0n) is 12.4. The fraction of sp³-hybridized carbons (Fsp3) is 0.562. The molecule has 0 amide bonds. The van der Waals surface area contributed by atoms with Crippen LogP contribution in [0.3, 0.4) is 0 Å². The maximum atomic E-state index is 5.81. The number of oxazole rings is 1. The highest BCUT2D eigenvalue weighted by atomic mass is 16.3. The lowest BCUT2D eigenvalue weighted by Crippen LogP contribution is -2.26. The Morgan fingerprint density at radius 3 is 2.85 bits per heavy atom. The first-order valence-electron chi connectivity index (χ1n) is 7.51. The standard InChI is InChI=1S/C16H23N3O/c1-3-16(4-2)7-8-19(11-16)10-15-18-13-6-5-12(17)9-14(13)20-15/h5-6,9H,3-4,7-8,10-11,17H2,1-2H3. The van der Waals surface area contributed by atoms with Crippen molar-refractivity contribution in [2.45, 2.75) is 39.7 Å². The summed E-state index contributed by atoms with van der Waals surface area (Å²) in [5.74, 6) is 0.800. The van der Waals surface area contributed by atoms with E-state index in [9.17, 15) is 0 Å². The fourth-order valence-corrected chi connectivity index (χ4v) is 3.24. The molecule has 0 bridgehead atoms. The van der Waals surface area contributed by atoms with Crippen LogP contribution in [0.25, 0.3) is 11.1 Å². The first kappa shape index (κ1) is 13.4. The molecule has 1 fully saturated rings. The first-order chi connectivity index (χ1) is 9.64. The van der Waals surface area contributed by atoms with E-state index < -0.39 is 0 Å². The predicted molar refractivity (Wildman–Crippen MR) is 81.3 cm³/mol. The molecule has 0 atom stereocenters. The SMILES string of the molecule is CCC1(CC)CCN(Cc2nc3ccc(N)cc3o2)C1. The molecule has 0 radical (unpaired) electrons. The Bertz CT molecular complexity index is 601. The number of fused-ring (bicyclic) bond motifs is 1. The van der Waals surface area contributed by atoms with Gasteiger partial charge in [0.1, 0.15) is 5.52 Å². The van der Waals surface area contributed by atoms with Crippen LogP contribution in [0.1, 0.15) is 39.0 Å². The van der Waals surface area contributed by atoms with Crippen LogP contribution in [0, 0.1) is 5.41 Å². The summed E-state index contributed by atoms with van der Waals surface area (Å²) in [5.41, 5.74) is 8.67. The van der Waals surface area contributed by atoms with Crippen LogP contribution in [0.5, 0.6) is 0 Å². The van der Waals surface area contributed by atoms with Gasteiger partial charge in [-0.2, -0.15) is 0 Å². The summed E-state index contributed by atoms with van der Waals surface area (Å²) in [6.07, 6.45) is 3.79. The number of likely N-dealkylation sites (tertiary alicyclic amines) is 1. The molecule has 1 aromatic heterocycles. The van der Waals surface area contributed by atoms with Crippen LogP contribution < -0.4 is 5.73 Å². The third-order valence-electron chi connectivity index (χ3n) is 4.83. The first-order valence-corrected chi connectivity index (χ1v) is 7.51. The zero-order chi connectivity index (χ0) is 14.2. The topological polar surface area (TPSA) is 55.3 Å². The van der Waals surface area contributed by atoms with Gasteiger partial charge in [-0.25, -0.2) is 4.98 Å². The van der Waals surface area contributed by atoms with Gasteiger partial charge in [-0.3, -0.25) is 4.90 Å². The summed E-state index contributed by atoms with van der Waals surface area (Å²) in [5, 5.41) is 0. The summed E-state index contributed by atoms with van der Waals surface area (Å²) in [7, 11) is 0. The number of nitrogens with zero attached hydrogens (tertiary/aromatic N) is 2. The second kappa shape index (κ2) is 5.09. The smallest absolute Gasteiger partial charge is 0.209 e.